The average molecular weight is 116 g/mol. The smallest absolute Gasteiger partial charge is 0.0626 e. The van der Waals surface area contributed by atoms with Crippen LogP contribution >= 0.6 is 0 Å². The second-order valence-corrected chi connectivity index (χ2v) is 2.41. The minimum atomic E-state index is 0.0920. The molecule has 0 unspecified atom stereocenters. The summed E-state index contributed by atoms with van der Waals surface area (Å²) in [5.74, 6) is 0. The monoisotopic (exact) mass is 116 g/mol. The van der Waals surface area contributed by atoms with Gasteiger partial charge in [-0.1, -0.05) is 6.92 Å². The molecule has 0 aliphatic carbocycles. The molecule has 0 amide bonds. The van der Waals surface area contributed by atoms with Gasteiger partial charge < -0.3 is 10.6 Å². The molecule has 8 heavy (non-hydrogen) atoms. The lowest BCUT2D eigenvalue weighted by Gasteiger charge is -2.24. The van der Waals surface area contributed by atoms with Gasteiger partial charge in [-0.15, -0.1) is 0 Å². The van der Waals surface area contributed by atoms with E-state index in [1.54, 1.807) is 0 Å². The molecule has 0 bridgehead atoms. The minimum Gasteiger partial charge on any atom is -0.303 e. The first kappa shape index (κ1) is 7.92. The lowest BCUT2D eigenvalue weighted by atomic mass is 10.2. The first-order chi connectivity index (χ1) is 3.62. The normalized spacial score (nSPS) is 12.0. The highest BCUT2D eigenvalue weighted by molar-refractivity contribution is 4.69. The third-order valence-electron chi connectivity index (χ3n) is 1.24. The van der Waals surface area contributed by atoms with E-state index in [1.807, 2.05) is 7.05 Å². The molecule has 0 fully saturated rings. The molecule has 0 aromatic carbocycles. The molecule has 0 aromatic rings. The molecular formula is C6H16N2. The van der Waals surface area contributed by atoms with Gasteiger partial charge in [-0.2, -0.15) is 0 Å². The van der Waals surface area contributed by atoms with Gasteiger partial charge in [-0.3, -0.25) is 0 Å². The molecule has 0 aromatic heterocycles. The van der Waals surface area contributed by atoms with E-state index >= 15 is 0 Å². The third kappa shape index (κ3) is 2.99. The summed E-state index contributed by atoms with van der Waals surface area (Å²) in [4.78, 5) is 0. The van der Waals surface area contributed by atoms with Crippen molar-refractivity contribution in [3.8, 4) is 0 Å². The van der Waals surface area contributed by atoms with E-state index in [-0.39, 0.29) is 5.66 Å². The van der Waals surface area contributed by atoms with E-state index in [2.05, 4.69) is 31.4 Å². The highest BCUT2D eigenvalue weighted by Crippen LogP contribution is 1.91. The fraction of sp³-hybridized carbons (Fsp3) is 1.00. The van der Waals surface area contributed by atoms with E-state index in [0.717, 1.165) is 6.54 Å². The van der Waals surface area contributed by atoms with Crippen molar-refractivity contribution in [3.63, 3.8) is 0 Å². The van der Waals surface area contributed by atoms with Crippen molar-refractivity contribution in [3.05, 3.63) is 0 Å². The molecule has 2 heteroatoms. The molecule has 0 spiro atoms. The van der Waals surface area contributed by atoms with Crippen molar-refractivity contribution in [2.24, 2.45) is 0 Å². The summed E-state index contributed by atoms with van der Waals surface area (Å²) in [7, 11) is 1.95. The lowest BCUT2D eigenvalue weighted by molar-refractivity contribution is 0.343. The SMILES string of the molecule is CCNC(C)(C)NC. The van der Waals surface area contributed by atoms with Crippen molar-refractivity contribution < 1.29 is 0 Å². The molecule has 0 radical (unpaired) electrons. The topological polar surface area (TPSA) is 24.1 Å². The predicted molar refractivity (Wildman–Crippen MR) is 36.8 cm³/mol. The fourth-order valence-electron chi connectivity index (χ4n) is 0.530. The first-order valence-corrected chi connectivity index (χ1v) is 3.06. The summed E-state index contributed by atoms with van der Waals surface area (Å²) >= 11 is 0. The van der Waals surface area contributed by atoms with E-state index in [0.29, 0.717) is 0 Å². The minimum absolute atomic E-state index is 0.0920. The maximum absolute atomic E-state index is 3.26. The standard InChI is InChI=1S/C6H16N2/c1-5-8-6(2,3)7-4/h7-8H,5H2,1-4H3. The summed E-state index contributed by atoms with van der Waals surface area (Å²) in [6.45, 7) is 7.32. The quantitative estimate of drug-likeness (QED) is 0.526. The lowest BCUT2D eigenvalue weighted by Crippen LogP contribution is -2.49. The fourth-order valence-corrected chi connectivity index (χ4v) is 0.530. The van der Waals surface area contributed by atoms with Crippen LogP contribution < -0.4 is 10.6 Å². The molecular weight excluding hydrogens is 100 g/mol. The number of nitrogens with one attached hydrogen (secondary N) is 2. The Morgan fingerprint density at radius 3 is 2.00 bits per heavy atom. The van der Waals surface area contributed by atoms with Gasteiger partial charge in [-0.05, 0) is 27.4 Å². The Bertz CT molecular complexity index is 59.5. The van der Waals surface area contributed by atoms with Crippen LogP contribution in [0.15, 0.2) is 0 Å². The van der Waals surface area contributed by atoms with Crippen LogP contribution in [0.2, 0.25) is 0 Å². The number of hydrogen-bond acceptors (Lipinski definition) is 2. The molecule has 0 aliphatic rings. The Balaban J connectivity index is 3.37. The maximum atomic E-state index is 3.26. The van der Waals surface area contributed by atoms with Crippen molar-refractivity contribution in [1.82, 2.24) is 10.6 Å². The summed E-state index contributed by atoms with van der Waals surface area (Å²) in [5, 5.41) is 6.39. The van der Waals surface area contributed by atoms with Crippen molar-refractivity contribution in [2.45, 2.75) is 26.4 Å². The first-order valence-electron chi connectivity index (χ1n) is 3.06. The zero-order valence-electron chi connectivity index (χ0n) is 6.21. The molecule has 2 nitrogen and oxygen atoms in total. The van der Waals surface area contributed by atoms with Crippen LogP contribution in [0, 0.1) is 0 Å². The molecule has 50 valence electrons. The second-order valence-electron chi connectivity index (χ2n) is 2.41. The van der Waals surface area contributed by atoms with Crippen molar-refractivity contribution in [1.29, 1.82) is 0 Å². The van der Waals surface area contributed by atoms with E-state index < -0.39 is 0 Å². The number of rotatable bonds is 3. The van der Waals surface area contributed by atoms with Gasteiger partial charge in [0.15, 0.2) is 0 Å². The van der Waals surface area contributed by atoms with E-state index in [4.69, 9.17) is 0 Å². The van der Waals surface area contributed by atoms with Crippen molar-refractivity contribution >= 4 is 0 Å². The summed E-state index contributed by atoms with van der Waals surface area (Å²) in [5.41, 5.74) is 0.0920. The van der Waals surface area contributed by atoms with Gasteiger partial charge in [0.1, 0.15) is 0 Å². The summed E-state index contributed by atoms with van der Waals surface area (Å²) in [6, 6.07) is 0. The molecule has 2 N–H and O–H groups in total. The van der Waals surface area contributed by atoms with Crippen LogP contribution in [0.5, 0.6) is 0 Å². The van der Waals surface area contributed by atoms with Crippen LogP contribution in [-0.4, -0.2) is 19.3 Å². The Kier molecular flexibility index (Phi) is 3.02. The molecule has 0 aliphatic heterocycles. The van der Waals surface area contributed by atoms with Gasteiger partial charge in [0.05, 0.1) is 5.66 Å². The predicted octanol–water partition coefficient (Wildman–Crippen LogP) is 0.551. The van der Waals surface area contributed by atoms with Gasteiger partial charge >= 0.3 is 0 Å². The van der Waals surface area contributed by atoms with Gasteiger partial charge in [0.25, 0.3) is 0 Å². The zero-order chi connectivity index (χ0) is 6.62. The van der Waals surface area contributed by atoms with Crippen LogP contribution in [0.1, 0.15) is 20.8 Å². The highest BCUT2D eigenvalue weighted by Gasteiger charge is 2.09. The second kappa shape index (κ2) is 3.05. The molecule has 0 saturated heterocycles. The molecule has 0 rings (SSSR count). The Labute approximate surface area is 51.7 Å². The van der Waals surface area contributed by atoms with Crippen molar-refractivity contribution in [2.75, 3.05) is 13.6 Å². The van der Waals surface area contributed by atoms with Crippen LogP contribution in [0.4, 0.5) is 0 Å². The highest BCUT2D eigenvalue weighted by atomic mass is 15.1. The van der Waals surface area contributed by atoms with Gasteiger partial charge in [0, 0.05) is 0 Å². The Morgan fingerprint density at radius 1 is 1.38 bits per heavy atom. The van der Waals surface area contributed by atoms with Crippen LogP contribution in [0.3, 0.4) is 0 Å². The van der Waals surface area contributed by atoms with Crippen LogP contribution in [0.25, 0.3) is 0 Å². The Hall–Kier alpha value is -0.0800. The maximum Gasteiger partial charge on any atom is 0.0626 e. The average Bonchev–Trinajstić information content (AvgIpc) is 1.67. The number of hydrogen-bond donors (Lipinski definition) is 2. The molecule has 0 heterocycles. The Morgan fingerprint density at radius 2 is 1.88 bits per heavy atom. The van der Waals surface area contributed by atoms with E-state index in [1.165, 1.54) is 0 Å². The van der Waals surface area contributed by atoms with Gasteiger partial charge in [0.2, 0.25) is 0 Å². The largest absolute Gasteiger partial charge is 0.303 e. The van der Waals surface area contributed by atoms with E-state index in [9.17, 15) is 0 Å². The molecule has 0 atom stereocenters. The molecule has 0 saturated carbocycles. The summed E-state index contributed by atoms with van der Waals surface area (Å²) < 4.78 is 0. The summed E-state index contributed by atoms with van der Waals surface area (Å²) in [6.07, 6.45) is 0. The van der Waals surface area contributed by atoms with Gasteiger partial charge in [-0.25, -0.2) is 0 Å². The zero-order valence-corrected chi connectivity index (χ0v) is 6.21. The van der Waals surface area contributed by atoms with Crippen LogP contribution in [-0.2, 0) is 0 Å². The third-order valence-corrected chi connectivity index (χ3v) is 1.24.